The Hall–Kier alpha value is -0.520. The van der Waals surface area contributed by atoms with Crippen LogP contribution in [0.15, 0.2) is 0 Å². The van der Waals surface area contributed by atoms with E-state index < -0.39 is 0 Å². The van der Waals surface area contributed by atoms with Crippen LogP contribution in [0.5, 0.6) is 0 Å². The number of methoxy groups -OCH3 is 1. The normalized spacial score (nSPS) is 12.6. The van der Waals surface area contributed by atoms with Gasteiger partial charge in [-0.05, 0) is 0 Å². The molecule has 2 heteroatoms. The maximum Gasteiger partial charge on any atom is 0.0623 e. The molecule has 0 aromatic carbocycles. The van der Waals surface area contributed by atoms with Crippen LogP contribution >= 0.6 is 0 Å². The lowest BCUT2D eigenvalue weighted by Crippen LogP contribution is -2.24. The predicted molar refractivity (Wildman–Crippen MR) is 33.3 cm³/mol. The highest BCUT2D eigenvalue weighted by molar-refractivity contribution is 4.88. The number of ether oxygens (including phenoxy) is 1. The third-order valence-corrected chi connectivity index (χ3v) is 0.761. The molecule has 0 amide bonds. The highest BCUT2D eigenvalue weighted by Crippen LogP contribution is 1.83. The van der Waals surface area contributed by atoms with Crippen LogP contribution in [0.2, 0.25) is 0 Å². The molecule has 8 heavy (non-hydrogen) atoms. The molecule has 0 bridgehead atoms. The predicted octanol–water partition coefficient (Wildman–Crippen LogP) is -0.0166. The van der Waals surface area contributed by atoms with Crippen molar-refractivity contribution in [1.82, 2.24) is 0 Å². The lowest BCUT2D eigenvalue weighted by atomic mass is 10.2. The van der Waals surface area contributed by atoms with Crippen LogP contribution in [-0.2, 0) is 4.74 Å². The van der Waals surface area contributed by atoms with E-state index in [2.05, 4.69) is 5.92 Å². The fraction of sp³-hybridized carbons (Fsp3) is 0.667. The van der Waals surface area contributed by atoms with Gasteiger partial charge in [-0.3, -0.25) is 0 Å². The van der Waals surface area contributed by atoms with Crippen LogP contribution in [0.25, 0.3) is 0 Å². The van der Waals surface area contributed by atoms with Gasteiger partial charge < -0.3 is 10.5 Å². The van der Waals surface area contributed by atoms with Crippen molar-refractivity contribution in [3.63, 3.8) is 0 Å². The van der Waals surface area contributed by atoms with Crippen molar-refractivity contribution in [1.29, 1.82) is 0 Å². The van der Waals surface area contributed by atoms with Crippen LogP contribution in [0, 0.1) is 12.3 Å². The highest BCUT2D eigenvalue weighted by atomic mass is 16.5. The van der Waals surface area contributed by atoms with Gasteiger partial charge >= 0.3 is 0 Å². The standard InChI is InChI=1S/C6H11NO/c1-3-4-6(7)5-8-2/h1,6H,4-5,7H2,2H3. The van der Waals surface area contributed by atoms with Crippen LogP contribution in [0.4, 0.5) is 0 Å². The summed E-state index contributed by atoms with van der Waals surface area (Å²) < 4.78 is 4.74. The van der Waals surface area contributed by atoms with E-state index in [1.54, 1.807) is 7.11 Å². The van der Waals surface area contributed by atoms with Gasteiger partial charge in [0, 0.05) is 19.6 Å². The summed E-state index contributed by atoms with van der Waals surface area (Å²) in [5, 5.41) is 0. The molecule has 0 radical (unpaired) electrons. The minimum absolute atomic E-state index is 0.00463. The van der Waals surface area contributed by atoms with Crippen molar-refractivity contribution in [2.75, 3.05) is 13.7 Å². The molecule has 0 rings (SSSR count). The Morgan fingerprint density at radius 2 is 2.50 bits per heavy atom. The van der Waals surface area contributed by atoms with Crippen LogP contribution < -0.4 is 5.73 Å². The molecule has 0 heterocycles. The monoisotopic (exact) mass is 113 g/mol. The largest absolute Gasteiger partial charge is 0.383 e. The zero-order chi connectivity index (χ0) is 6.41. The van der Waals surface area contributed by atoms with E-state index >= 15 is 0 Å². The minimum atomic E-state index is 0.00463. The lowest BCUT2D eigenvalue weighted by Gasteiger charge is -2.03. The highest BCUT2D eigenvalue weighted by Gasteiger charge is 1.95. The van der Waals surface area contributed by atoms with Gasteiger partial charge in [-0.1, -0.05) is 0 Å². The summed E-state index contributed by atoms with van der Waals surface area (Å²) in [6, 6.07) is 0.00463. The Morgan fingerprint density at radius 1 is 1.88 bits per heavy atom. The first-order valence-corrected chi connectivity index (χ1v) is 2.49. The third-order valence-electron chi connectivity index (χ3n) is 0.761. The van der Waals surface area contributed by atoms with Crippen LogP contribution in [-0.4, -0.2) is 19.8 Å². The molecule has 0 aliphatic carbocycles. The number of terminal acetylenes is 1. The van der Waals surface area contributed by atoms with Gasteiger partial charge in [0.25, 0.3) is 0 Å². The molecule has 1 atom stereocenters. The quantitative estimate of drug-likeness (QED) is 0.522. The number of rotatable bonds is 3. The molecule has 0 saturated carbocycles. The van der Waals surface area contributed by atoms with E-state index in [1.807, 2.05) is 0 Å². The second-order valence-corrected chi connectivity index (χ2v) is 1.62. The van der Waals surface area contributed by atoms with Gasteiger partial charge in [-0.15, -0.1) is 12.3 Å². The van der Waals surface area contributed by atoms with Crippen molar-refractivity contribution in [3.8, 4) is 12.3 Å². The van der Waals surface area contributed by atoms with Gasteiger partial charge in [0.05, 0.1) is 6.61 Å². The molecule has 0 fully saturated rings. The average molecular weight is 113 g/mol. The maximum absolute atomic E-state index is 5.43. The molecule has 46 valence electrons. The Bertz CT molecular complexity index is 85.0. The molecular formula is C6H11NO. The number of hydrogen-bond donors (Lipinski definition) is 1. The molecule has 2 nitrogen and oxygen atoms in total. The second kappa shape index (κ2) is 4.63. The Morgan fingerprint density at radius 3 is 2.88 bits per heavy atom. The van der Waals surface area contributed by atoms with Crippen molar-refractivity contribution < 1.29 is 4.74 Å². The summed E-state index contributed by atoms with van der Waals surface area (Å²) in [5.41, 5.74) is 5.43. The molecular weight excluding hydrogens is 102 g/mol. The Kier molecular flexibility index (Phi) is 4.33. The molecule has 1 unspecified atom stereocenters. The topological polar surface area (TPSA) is 35.2 Å². The van der Waals surface area contributed by atoms with Gasteiger partial charge in [-0.25, -0.2) is 0 Å². The molecule has 0 aromatic rings. The molecule has 0 aliphatic rings. The summed E-state index contributed by atoms with van der Waals surface area (Å²) >= 11 is 0. The Balaban J connectivity index is 3.08. The lowest BCUT2D eigenvalue weighted by molar-refractivity contribution is 0.181. The van der Waals surface area contributed by atoms with E-state index in [0.717, 1.165) is 0 Å². The van der Waals surface area contributed by atoms with E-state index in [0.29, 0.717) is 13.0 Å². The zero-order valence-corrected chi connectivity index (χ0v) is 5.05. The summed E-state index contributed by atoms with van der Waals surface area (Å²) in [6.45, 7) is 0.546. The summed E-state index contributed by atoms with van der Waals surface area (Å²) in [6.07, 6.45) is 5.57. The van der Waals surface area contributed by atoms with E-state index in [4.69, 9.17) is 16.9 Å². The van der Waals surface area contributed by atoms with Gasteiger partial charge in [0.2, 0.25) is 0 Å². The number of nitrogens with two attached hydrogens (primary N) is 1. The summed E-state index contributed by atoms with van der Waals surface area (Å²) in [5.74, 6) is 2.45. The second-order valence-electron chi connectivity index (χ2n) is 1.62. The minimum Gasteiger partial charge on any atom is -0.383 e. The fourth-order valence-corrected chi connectivity index (χ4v) is 0.424. The van der Waals surface area contributed by atoms with Crippen LogP contribution in [0.3, 0.4) is 0 Å². The van der Waals surface area contributed by atoms with Crippen molar-refractivity contribution in [3.05, 3.63) is 0 Å². The first kappa shape index (κ1) is 7.48. The summed E-state index contributed by atoms with van der Waals surface area (Å²) in [4.78, 5) is 0. The average Bonchev–Trinajstić information content (AvgIpc) is 1.68. The zero-order valence-electron chi connectivity index (χ0n) is 5.05. The SMILES string of the molecule is C#CCC(N)COC. The van der Waals surface area contributed by atoms with Crippen molar-refractivity contribution in [2.45, 2.75) is 12.5 Å². The van der Waals surface area contributed by atoms with Crippen molar-refractivity contribution in [2.24, 2.45) is 5.73 Å². The van der Waals surface area contributed by atoms with E-state index in [9.17, 15) is 0 Å². The Labute approximate surface area is 50.0 Å². The van der Waals surface area contributed by atoms with Crippen LogP contribution in [0.1, 0.15) is 6.42 Å². The molecule has 0 aromatic heterocycles. The first-order chi connectivity index (χ1) is 3.81. The molecule has 0 spiro atoms. The smallest absolute Gasteiger partial charge is 0.0623 e. The van der Waals surface area contributed by atoms with Gasteiger partial charge in [0.15, 0.2) is 0 Å². The fourth-order valence-electron chi connectivity index (χ4n) is 0.424. The van der Waals surface area contributed by atoms with Gasteiger partial charge in [-0.2, -0.15) is 0 Å². The van der Waals surface area contributed by atoms with Gasteiger partial charge in [0.1, 0.15) is 0 Å². The molecule has 2 N–H and O–H groups in total. The molecule has 0 saturated heterocycles. The maximum atomic E-state index is 5.43. The summed E-state index contributed by atoms with van der Waals surface area (Å²) in [7, 11) is 1.61. The van der Waals surface area contributed by atoms with E-state index in [1.165, 1.54) is 0 Å². The first-order valence-electron chi connectivity index (χ1n) is 2.49. The molecule has 0 aliphatic heterocycles. The number of hydrogen-bond acceptors (Lipinski definition) is 2. The van der Waals surface area contributed by atoms with Crippen molar-refractivity contribution >= 4 is 0 Å². The third kappa shape index (κ3) is 3.66. The van der Waals surface area contributed by atoms with E-state index in [-0.39, 0.29) is 6.04 Å².